The molecule has 0 atom stereocenters. The maximum Gasteiger partial charge on any atom is 0.104 e. The standard InChI is InChI=1S/C11H20N/c1-12(9-5-6-10-12)11-7-3-2-4-8-11/h7H,2-6,8-10H2,1H3/q+1. The first-order valence-electron chi connectivity index (χ1n) is 5.35. The monoisotopic (exact) mass is 166 g/mol. The maximum atomic E-state index is 2.51. The molecule has 0 aromatic rings. The van der Waals surface area contributed by atoms with Crippen LogP contribution in [-0.4, -0.2) is 24.6 Å². The van der Waals surface area contributed by atoms with Gasteiger partial charge in [0.2, 0.25) is 0 Å². The Hall–Kier alpha value is -0.300. The molecule has 0 aromatic carbocycles. The summed E-state index contributed by atoms with van der Waals surface area (Å²) in [5, 5.41) is 0. The van der Waals surface area contributed by atoms with Crippen LogP contribution < -0.4 is 0 Å². The summed E-state index contributed by atoms with van der Waals surface area (Å²) < 4.78 is 1.28. The fraction of sp³-hybridized carbons (Fsp3) is 0.818. The molecule has 1 fully saturated rings. The quantitative estimate of drug-likeness (QED) is 0.525. The van der Waals surface area contributed by atoms with Gasteiger partial charge in [0.25, 0.3) is 0 Å². The molecule has 1 heteroatoms. The number of nitrogens with zero attached hydrogens (tertiary/aromatic N) is 1. The Morgan fingerprint density at radius 3 is 2.42 bits per heavy atom. The van der Waals surface area contributed by atoms with Crippen molar-refractivity contribution in [2.45, 2.75) is 38.5 Å². The van der Waals surface area contributed by atoms with E-state index in [1.54, 1.807) is 5.70 Å². The molecule has 0 bridgehead atoms. The van der Waals surface area contributed by atoms with E-state index in [1.807, 2.05) is 0 Å². The van der Waals surface area contributed by atoms with Gasteiger partial charge in [0.15, 0.2) is 0 Å². The molecule has 0 unspecified atom stereocenters. The van der Waals surface area contributed by atoms with E-state index in [-0.39, 0.29) is 0 Å². The first-order valence-corrected chi connectivity index (χ1v) is 5.35. The number of hydrogen-bond acceptors (Lipinski definition) is 0. The van der Waals surface area contributed by atoms with Crippen LogP contribution in [0.15, 0.2) is 11.8 Å². The van der Waals surface area contributed by atoms with Crippen molar-refractivity contribution in [3.05, 3.63) is 11.8 Å². The van der Waals surface area contributed by atoms with Crippen LogP contribution in [0.4, 0.5) is 0 Å². The van der Waals surface area contributed by atoms with Gasteiger partial charge in [-0.15, -0.1) is 0 Å². The lowest BCUT2D eigenvalue weighted by atomic mass is 10.0. The Kier molecular flexibility index (Phi) is 2.22. The minimum absolute atomic E-state index is 1.28. The SMILES string of the molecule is C[N+]1(C2=CCCCC2)CCCC1. The second-order valence-corrected chi connectivity index (χ2v) is 4.49. The molecule has 68 valence electrons. The topological polar surface area (TPSA) is 0 Å². The van der Waals surface area contributed by atoms with Crippen LogP contribution >= 0.6 is 0 Å². The smallest absolute Gasteiger partial charge is 0.104 e. The van der Waals surface area contributed by atoms with Gasteiger partial charge in [-0.3, -0.25) is 4.48 Å². The second kappa shape index (κ2) is 3.21. The largest absolute Gasteiger partial charge is 0.297 e. The number of likely N-dealkylation sites (tertiary alicyclic amines) is 1. The van der Waals surface area contributed by atoms with Crippen molar-refractivity contribution in [1.29, 1.82) is 0 Å². The molecule has 0 spiro atoms. The average molecular weight is 166 g/mol. The summed E-state index contributed by atoms with van der Waals surface area (Å²) in [7, 11) is 2.42. The van der Waals surface area contributed by atoms with Crippen molar-refractivity contribution < 1.29 is 4.48 Å². The lowest BCUT2D eigenvalue weighted by Gasteiger charge is -2.32. The van der Waals surface area contributed by atoms with Gasteiger partial charge in [-0.1, -0.05) is 0 Å². The highest BCUT2D eigenvalue weighted by Crippen LogP contribution is 2.30. The van der Waals surface area contributed by atoms with Gasteiger partial charge in [0.05, 0.1) is 20.1 Å². The molecule has 0 radical (unpaired) electrons. The lowest BCUT2D eigenvalue weighted by molar-refractivity contribution is -0.861. The zero-order valence-corrected chi connectivity index (χ0v) is 8.18. The second-order valence-electron chi connectivity index (χ2n) is 4.49. The fourth-order valence-corrected chi connectivity index (χ4v) is 2.63. The van der Waals surface area contributed by atoms with Gasteiger partial charge in [-0.05, 0) is 25.3 Å². The first kappa shape index (κ1) is 8.31. The molecule has 0 amide bonds. The van der Waals surface area contributed by atoms with Crippen LogP contribution in [0.1, 0.15) is 38.5 Å². The molecule has 12 heavy (non-hydrogen) atoms. The summed E-state index contributed by atoms with van der Waals surface area (Å²) >= 11 is 0. The Morgan fingerprint density at radius 2 is 1.83 bits per heavy atom. The van der Waals surface area contributed by atoms with Crippen molar-refractivity contribution in [2.75, 3.05) is 20.1 Å². The lowest BCUT2D eigenvalue weighted by Crippen LogP contribution is -2.40. The van der Waals surface area contributed by atoms with Crippen LogP contribution in [0, 0.1) is 0 Å². The van der Waals surface area contributed by atoms with Crippen molar-refractivity contribution >= 4 is 0 Å². The highest BCUT2D eigenvalue weighted by molar-refractivity contribution is 4.97. The van der Waals surface area contributed by atoms with E-state index >= 15 is 0 Å². The van der Waals surface area contributed by atoms with Crippen molar-refractivity contribution in [3.8, 4) is 0 Å². The summed E-state index contributed by atoms with van der Waals surface area (Å²) in [4.78, 5) is 0. The van der Waals surface area contributed by atoms with Gasteiger partial charge in [-0.2, -0.15) is 0 Å². The fourth-order valence-electron chi connectivity index (χ4n) is 2.63. The summed E-state index contributed by atoms with van der Waals surface area (Å²) in [6.45, 7) is 2.79. The van der Waals surface area contributed by atoms with E-state index in [4.69, 9.17) is 0 Å². The third-order valence-electron chi connectivity index (χ3n) is 3.51. The van der Waals surface area contributed by atoms with Gasteiger partial charge in [-0.25, -0.2) is 0 Å². The number of quaternary nitrogens is 1. The van der Waals surface area contributed by atoms with E-state index < -0.39 is 0 Å². The normalized spacial score (nSPS) is 28.6. The molecule has 2 rings (SSSR count). The van der Waals surface area contributed by atoms with Crippen LogP contribution in [0.2, 0.25) is 0 Å². The minimum atomic E-state index is 1.28. The Balaban J connectivity index is 2.10. The summed E-state index contributed by atoms with van der Waals surface area (Å²) in [5.41, 5.74) is 1.73. The zero-order chi connectivity index (χ0) is 8.44. The van der Waals surface area contributed by atoms with E-state index in [0.717, 1.165) is 0 Å². The molecule has 0 saturated carbocycles. The molecule has 2 aliphatic rings. The molecule has 0 aromatic heterocycles. The van der Waals surface area contributed by atoms with Crippen molar-refractivity contribution in [1.82, 2.24) is 0 Å². The molecule has 1 aliphatic carbocycles. The van der Waals surface area contributed by atoms with Crippen LogP contribution in [0.25, 0.3) is 0 Å². The predicted molar refractivity (Wildman–Crippen MR) is 51.7 cm³/mol. The molecule has 1 saturated heterocycles. The average Bonchev–Trinajstić information content (AvgIpc) is 2.55. The predicted octanol–water partition coefficient (Wildman–Crippen LogP) is 2.68. The molecule has 1 nitrogen and oxygen atoms in total. The Labute approximate surface area is 75.7 Å². The highest BCUT2D eigenvalue weighted by Gasteiger charge is 2.31. The number of allylic oxidation sites excluding steroid dienone is 2. The third kappa shape index (κ3) is 1.42. The number of hydrogen-bond donors (Lipinski definition) is 0. The third-order valence-corrected chi connectivity index (χ3v) is 3.51. The van der Waals surface area contributed by atoms with Crippen LogP contribution in [-0.2, 0) is 0 Å². The summed E-state index contributed by atoms with van der Waals surface area (Å²) in [6, 6.07) is 0. The van der Waals surface area contributed by atoms with E-state index in [2.05, 4.69) is 13.1 Å². The summed E-state index contributed by atoms with van der Waals surface area (Å²) in [6.07, 6.45) is 10.9. The van der Waals surface area contributed by atoms with E-state index in [0.29, 0.717) is 0 Å². The molecule has 1 heterocycles. The Morgan fingerprint density at radius 1 is 1.08 bits per heavy atom. The van der Waals surface area contributed by atoms with Crippen molar-refractivity contribution in [2.24, 2.45) is 0 Å². The van der Waals surface area contributed by atoms with Gasteiger partial charge < -0.3 is 0 Å². The molecule has 0 N–H and O–H groups in total. The van der Waals surface area contributed by atoms with Gasteiger partial charge in [0, 0.05) is 19.3 Å². The van der Waals surface area contributed by atoms with E-state index in [9.17, 15) is 0 Å². The summed E-state index contributed by atoms with van der Waals surface area (Å²) in [5.74, 6) is 0. The molecule has 1 aliphatic heterocycles. The minimum Gasteiger partial charge on any atom is -0.297 e. The van der Waals surface area contributed by atoms with Gasteiger partial charge in [0.1, 0.15) is 5.70 Å². The van der Waals surface area contributed by atoms with Crippen LogP contribution in [0.3, 0.4) is 0 Å². The highest BCUT2D eigenvalue weighted by atomic mass is 15.4. The van der Waals surface area contributed by atoms with Gasteiger partial charge >= 0.3 is 0 Å². The number of rotatable bonds is 1. The zero-order valence-electron chi connectivity index (χ0n) is 8.18. The Bertz CT molecular complexity index is 187. The first-order chi connectivity index (χ1) is 5.81. The maximum absolute atomic E-state index is 2.51. The molecular formula is C11H20N+. The van der Waals surface area contributed by atoms with Crippen LogP contribution in [0.5, 0.6) is 0 Å². The van der Waals surface area contributed by atoms with E-state index in [1.165, 1.54) is 56.1 Å². The van der Waals surface area contributed by atoms with Crippen molar-refractivity contribution in [3.63, 3.8) is 0 Å². The molecular weight excluding hydrogens is 146 g/mol.